The van der Waals surface area contributed by atoms with Gasteiger partial charge in [0.05, 0.1) is 11.1 Å². The first-order valence-corrected chi connectivity index (χ1v) is 9.83. The van der Waals surface area contributed by atoms with Crippen molar-refractivity contribution in [1.29, 1.82) is 0 Å². The van der Waals surface area contributed by atoms with Gasteiger partial charge in [0.1, 0.15) is 6.04 Å². The number of hydrogen-bond acceptors (Lipinski definition) is 6. The number of rotatable bonds is 4. The first-order chi connectivity index (χ1) is 13.5. The van der Waals surface area contributed by atoms with Crippen molar-refractivity contribution in [2.24, 2.45) is 17.8 Å². The maximum Gasteiger partial charge on any atom is 0.262 e. The number of nitrogens with one attached hydrogen (secondary N) is 3. The molecule has 2 saturated heterocycles. The zero-order valence-corrected chi connectivity index (χ0v) is 15.4. The van der Waals surface area contributed by atoms with Gasteiger partial charge >= 0.3 is 0 Å². The molecule has 3 heterocycles. The highest BCUT2D eigenvalue weighted by atomic mass is 16.2. The summed E-state index contributed by atoms with van der Waals surface area (Å²) < 4.78 is 0. The first-order valence-electron chi connectivity index (χ1n) is 9.83. The van der Waals surface area contributed by atoms with Crippen LogP contribution >= 0.6 is 0 Å². The third-order valence-corrected chi connectivity index (χ3v) is 6.61. The summed E-state index contributed by atoms with van der Waals surface area (Å²) in [5.74, 6) is 0.252. The predicted octanol–water partition coefficient (Wildman–Crippen LogP) is 0.355. The SMILES string of the molecule is O=C1CCC(N2C(=O)c3ccc(NC[C@@H]4C[C@H]5CNC[C@H]54)cc3C2=O)C(=O)N1. The van der Waals surface area contributed by atoms with Gasteiger partial charge in [0.25, 0.3) is 11.8 Å². The fourth-order valence-electron chi connectivity index (χ4n) is 5.00. The molecular weight excluding hydrogens is 360 g/mol. The van der Waals surface area contributed by atoms with Gasteiger partial charge in [0, 0.05) is 18.7 Å². The molecule has 28 heavy (non-hydrogen) atoms. The van der Waals surface area contributed by atoms with Gasteiger partial charge in [-0.3, -0.25) is 29.4 Å². The Morgan fingerprint density at radius 1 is 1.07 bits per heavy atom. The zero-order chi connectivity index (χ0) is 19.4. The fraction of sp³-hybridized carbons (Fsp3) is 0.500. The van der Waals surface area contributed by atoms with Crippen molar-refractivity contribution >= 4 is 29.3 Å². The van der Waals surface area contributed by atoms with Gasteiger partial charge < -0.3 is 10.6 Å². The highest BCUT2D eigenvalue weighted by Gasteiger charge is 2.45. The van der Waals surface area contributed by atoms with Gasteiger partial charge in [-0.2, -0.15) is 0 Å². The van der Waals surface area contributed by atoms with E-state index in [9.17, 15) is 19.2 Å². The molecule has 4 atom stereocenters. The third kappa shape index (κ3) is 2.63. The lowest BCUT2D eigenvalue weighted by atomic mass is 9.67. The van der Waals surface area contributed by atoms with E-state index in [2.05, 4.69) is 16.0 Å². The van der Waals surface area contributed by atoms with Crippen LogP contribution in [0.15, 0.2) is 18.2 Å². The summed E-state index contributed by atoms with van der Waals surface area (Å²) in [6.07, 6.45) is 1.50. The number of carbonyl (C=O) groups excluding carboxylic acids is 4. The maximum atomic E-state index is 12.8. The Kier molecular flexibility index (Phi) is 3.97. The highest BCUT2D eigenvalue weighted by Crippen LogP contribution is 2.42. The summed E-state index contributed by atoms with van der Waals surface area (Å²) in [5, 5.41) is 9.04. The second-order valence-corrected chi connectivity index (χ2v) is 8.17. The van der Waals surface area contributed by atoms with Gasteiger partial charge in [-0.1, -0.05) is 0 Å². The van der Waals surface area contributed by atoms with Crippen molar-refractivity contribution in [3.8, 4) is 0 Å². The minimum atomic E-state index is -0.928. The van der Waals surface area contributed by atoms with Crippen LogP contribution in [0.25, 0.3) is 0 Å². The van der Waals surface area contributed by atoms with Crippen molar-refractivity contribution in [3.63, 3.8) is 0 Å². The summed E-state index contributed by atoms with van der Waals surface area (Å²) in [6.45, 7) is 3.04. The molecule has 3 N–H and O–H groups in total. The molecule has 1 aliphatic carbocycles. The second kappa shape index (κ2) is 6.41. The van der Waals surface area contributed by atoms with Crippen LogP contribution in [0.5, 0.6) is 0 Å². The molecule has 0 spiro atoms. The molecule has 0 aromatic heterocycles. The van der Waals surface area contributed by atoms with Crippen LogP contribution in [0.2, 0.25) is 0 Å². The third-order valence-electron chi connectivity index (χ3n) is 6.61. The van der Waals surface area contributed by atoms with Gasteiger partial charge in [0.15, 0.2) is 0 Å². The van der Waals surface area contributed by atoms with Crippen molar-refractivity contribution in [1.82, 2.24) is 15.5 Å². The van der Waals surface area contributed by atoms with E-state index < -0.39 is 23.8 Å². The number of benzene rings is 1. The fourth-order valence-corrected chi connectivity index (χ4v) is 5.00. The number of fused-ring (bicyclic) bond motifs is 2. The van der Waals surface area contributed by atoms with Crippen LogP contribution in [0, 0.1) is 17.8 Å². The number of amides is 4. The molecule has 146 valence electrons. The molecule has 4 amide bonds. The summed E-state index contributed by atoms with van der Waals surface area (Å²) in [7, 11) is 0. The molecule has 0 bridgehead atoms. The Hall–Kier alpha value is -2.74. The Morgan fingerprint density at radius 3 is 2.68 bits per heavy atom. The quantitative estimate of drug-likeness (QED) is 0.649. The molecule has 1 saturated carbocycles. The molecular formula is C20H22N4O4. The number of anilines is 1. The average Bonchev–Trinajstić information content (AvgIpc) is 3.14. The lowest BCUT2D eigenvalue weighted by Gasteiger charge is -2.40. The summed E-state index contributed by atoms with van der Waals surface area (Å²) in [5.41, 5.74) is 1.43. The van der Waals surface area contributed by atoms with E-state index in [0.29, 0.717) is 17.0 Å². The minimum Gasteiger partial charge on any atom is -0.385 e. The minimum absolute atomic E-state index is 0.120. The summed E-state index contributed by atoms with van der Waals surface area (Å²) >= 11 is 0. The van der Waals surface area contributed by atoms with Gasteiger partial charge in [0.2, 0.25) is 11.8 Å². The Morgan fingerprint density at radius 2 is 1.89 bits per heavy atom. The molecule has 0 radical (unpaired) electrons. The Bertz CT molecular complexity index is 898. The lowest BCUT2D eigenvalue weighted by molar-refractivity contribution is -0.136. The molecule has 1 aromatic rings. The number of hydrogen-bond donors (Lipinski definition) is 3. The van der Waals surface area contributed by atoms with Crippen LogP contribution < -0.4 is 16.0 Å². The van der Waals surface area contributed by atoms with Crippen LogP contribution in [-0.4, -0.2) is 54.2 Å². The highest BCUT2D eigenvalue weighted by molar-refractivity contribution is 6.23. The molecule has 3 aliphatic heterocycles. The van der Waals surface area contributed by atoms with E-state index in [1.165, 1.54) is 6.42 Å². The Labute approximate surface area is 162 Å². The van der Waals surface area contributed by atoms with Crippen molar-refractivity contribution < 1.29 is 19.2 Å². The maximum absolute atomic E-state index is 12.8. The number of piperidine rings is 1. The molecule has 5 rings (SSSR count). The molecule has 1 unspecified atom stereocenters. The van der Waals surface area contributed by atoms with E-state index in [-0.39, 0.29) is 18.7 Å². The van der Waals surface area contributed by atoms with Crippen LogP contribution in [0.4, 0.5) is 5.69 Å². The van der Waals surface area contributed by atoms with Crippen molar-refractivity contribution in [2.45, 2.75) is 25.3 Å². The van der Waals surface area contributed by atoms with Crippen molar-refractivity contribution in [3.05, 3.63) is 29.3 Å². The monoisotopic (exact) mass is 382 g/mol. The largest absolute Gasteiger partial charge is 0.385 e. The van der Waals surface area contributed by atoms with E-state index in [4.69, 9.17) is 0 Å². The topological polar surface area (TPSA) is 108 Å². The van der Waals surface area contributed by atoms with E-state index in [1.54, 1.807) is 18.2 Å². The van der Waals surface area contributed by atoms with Gasteiger partial charge in [-0.15, -0.1) is 0 Å². The van der Waals surface area contributed by atoms with Crippen LogP contribution in [0.1, 0.15) is 40.0 Å². The summed E-state index contributed by atoms with van der Waals surface area (Å²) in [6, 6.07) is 4.22. The predicted molar refractivity (Wildman–Crippen MR) is 99.6 cm³/mol. The average molecular weight is 382 g/mol. The van der Waals surface area contributed by atoms with Gasteiger partial charge in [-0.25, -0.2) is 0 Å². The molecule has 4 aliphatic rings. The van der Waals surface area contributed by atoms with E-state index in [1.807, 2.05) is 0 Å². The smallest absolute Gasteiger partial charge is 0.262 e. The molecule has 1 aromatic carbocycles. The lowest BCUT2D eigenvalue weighted by Crippen LogP contribution is -2.54. The van der Waals surface area contributed by atoms with E-state index in [0.717, 1.165) is 42.1 Å². The standard InChI is InChI=1S/C20H22N4O4/c25-17-4-3-16(18(26)23-17)24-19(27)13-2-1-12(6-14(13)20(24)28)22-8-11-5-10-7-21-9-15(10)11/h1-2,6,10-11,15-16,21-22H,3-5,7-9H2,(H,23,25,26)/t10-,11-,15+,16?/m0/s1. The zero-order valence-electron chi connectivity index (χ0n) is 15.4. The molecule has 8 nitrogen and oxygen atoms in total. The Balaban J connectivity index is 1.30. The molecule has 3 fully saturated rings. The van der Waals surface area contributed by atoms with Crippen LogP contribution in [0.3, 0.4) is 0 Å². The van der Waals surface area contributed by atoms with Crippen LogP contribution in [-0.2, 0) is 9.59 Å². The first kappa shape index (κ1) is 17.4. The van der Waals surface area contributed by atoms with Gasteiger partial charge in [-0.05, 0) is 61.9 Å². The van der Waals surface area contributed by atoms with E-state index >= 15 is 0 Å². The number of imide groups is 2. The molecule has 8 heteroatoms. The summed E-state index contributed by atoms with van der Waals surface area (Å²) in [4.78, 5) is 50.0. The number of nitrogens with zero attached hydrogens (tertiary/aromatic N) is 1. The number of carbonyl (C=O) groups is 4. The normalized spacial score (nSPS) is 31.4. The second-order valence-electron chi connectivity index (χ2n) is 8.17. The van der Waals surface area contributed by atoms with Crippen molar-refractivity contribution in [2.75, 3.05) is 25.0 Å².